The number of esters is 1. The summed E-state index contributed by atoms with van der Waals surface area (Å²) in [6, 6.07) is 16.7. The first-order valence-electron chi connectivity index (χ1n) is 11.7. The molecule has 5 rings (SSSR count). The molecule has 2 aliphatic rings. The van der Waals surface area contributed by atoms with E-state index in [0.717, 1.165) is 11.8 Å². The van der Waals surface area contributed by atoms with Crippen molar-refractivity contribution in [1.29, 1.82) is 0 Å². The second-order valence-electron chi connectivity index (χ2n) is 8.30. The summed E-state index contributed by atoms with van der Waals surface area (Å²) in [4.78, 5) is 54.6. The zero-order valence-corrected chi connectivity index (χ0v) is 21.8. The highest BCUT2D eigenvalue weighted by molar-refractivity contribution is 8.26. The summed E-state index contributed by atoms with van der Waals surface area (Å²) >= 11 is 6.49. The molecule has 9 nitrogen and oxygen atoms in total. The van der Waals surface area contributed by atoms with Gasteiger partial charge in [0.1, 0.15) is 16.6 Å². The number of fused-ring (bicyclic) bond motifs is 1. The third kappa shape index (κ3) is 4.85. The summed E-state index contributed by atoms with van der Waals surface area (Å²) in [6.45, 7) is 1.87. The first-order chi connectivity index (χ1) is 18.4. The number of rotatable bonds is 7. The van der Waals surface area contributed by atoms with Gasteiger partial charge in [0.05, 0.1) is 41.1 Å². The number of thioether (sulfide) groups is 1. The Morgan fingerprint density at radius 1 is 1.00 bits per heavy atom. The summed E-state index contributed by atoms with van der Waals surface area (Å²) in [5.74, 6) is -1.17. The molecule has 11 heteroatoms. The number of hydrogen-bond acceptors (Lipinski definition) is 8. The Bertz CT molecular complexity index is 1480. The Morgan fingerprint density at radius 2 is 1.76 bits per heavy atom. The van der Waals surface area contributed by atoms with Crippen molar-refractivity contribution in [3.8, 4) is 0 Å². The maximum atomic E-state index is 13.6. The number of thiocarbonyl (C=S) groups is 1. The molecule has 0 aliphatic carbocycles. The van der Waals surface area contributed by atoms with Crippen LogP contribution in [-0.4, -0.2) is 46.1 Å². The van der Waals surface area contributed by atoms with Crippen LogP contribution < -0.4 is 10.2 Å². The maximum Gasteiger partial charge on any atom is 0.338 e. The van der Waals surface area contributed by atoms with Gasteiger partial charge in [0.15, 0.2) is 0 Å². The first-order valence-corrected chi connectivity index (χ1v) is 12.9. The molecule has 0 bridgehead atoms. The molecule has 3 amide bonds. The van der Waals surface area contributed by atoms with Crippen molar-refractivity contribution in [2.45, 2.75) is 13.5 Å². The summed E-state index contributed by atoms with van der Waals surface area (Å²) in [6.07, 6.45) is 1.51. The van der Waals surface area contributed by atoms with Gasteiger partial charge in [-0.05, 0) is 49.4 Å². The van der Waals surface area contributed by atoms with Crippen LogP contribution in [0.2, 0.25) is 0 Å². The molecule has 0 saturated carbocycles. The van der Waals surface area contributed by atoms with Gasteiger partial charge in [-0.2, -0.15) is 0 Å². The smallest absolute Gasteiger partial charge is 0.338 e. The predicted octanol–water partition coefficient (Wildman–Crippen LogP) is 4.21. The average molecular weight is 548 g/mol. The van der Waals surface area contributed by atoms with Crippen LogP contribution in [0.5, 0.6) is 0 Å². The number of benzene rings is 2. The van der Waals surface area contributed by atoms with Crippen LogP contribution in [-0.2, 0) is 25.7 Å². The number of carbonyl (C=O) groups is 4. The number of anilines is 2. The molecule has 2 aromatic carbocycles. The van der Waals surface area contributed by atoms with Gasteiger partial charge >= 0.3 is 5.97 Å². The lowest BCUT2D eigenvalue weighted by atomic mass is 10.1. The molecule has 0 spiro atoms. The van der Waals surface area contributed by atoms with Crippen LogP contribution >= 0.6 is 24.0 Å². The van der Waals surface area contributed by atoms with Gasteiger partial charge in [0.2, 0.25) is 5.91 Å². The highest BCUT2D eigenvalue weighted by Gasteiger charge is 2.42. The number of ether oxygens (including phenoxy) is 1. The third-order valence-corrected chi connectivity index (χ3v) is 7.32. The van der Waals surface area contributed by atoms with Gasteiger partial charge in [0.25, 0.3) is 11.8 Å². The maximum absolute atomic E-state index is 13.6. The summed E-state index contributed by atoms with van der Waals surface area (Å²) in [5, 5.41) is 2.74. The van der Waals surface area contributed by atoms with Crippen molar-refractivity contribution in [3.63, 3.8) is 0 Å². The number of nitrogens with zero attached hydrogens (tertiary/aromatic N) is 2. The third-order valence-electron chi connectivity index (χ3n) is 5.87. The van der Waals surface area contributed by atoms with Crippen LogP contribution in [0.1, 0.15) is 28.6 Å². The van der Waals surface area contributed by atoms with E-state index in [1.807, 2.05) is 0 Å². The van der Waals surface area contributed by atoms with Gasteiger partial charge in [-0.3, -0.25) is 24.2 Å². The lowest BCUT2D eigenvalue weighted by Crippen LogP contribution is -2.35. The zero-order valence-electron chi connectivity index (χ0n) is 20.1. The number of hydrogen-bond donors (Lipinski definition) is 1. The monoisotopic (exact) mass is 547 g/mol. The van der Waals surface area contributed by atoms with E-state index in [0.29, 0.717) is 32.6 Å². The average Bonchev–Trinajstić information content (AvgIpc) is 3.59. The lowest BCUT2D eigenvalue weighted by molar-refractivity contribution is -0.123. The van der Waals surface area contributed by atoms with E-state index in [9.17, 15) is 19.2 Å². The largest absolute Gasteiger partial charge is 0.467 e. The van der Waals surface area contributed by atoms with Crippen molar-refractivity contribution in [2.24, 2.45) is 0 Å². The van der Waals surface area contributed by atoms with Crippen LogP contribution in [0.4, 0.5) is 11.4 Å². The fourth-order valence-corrected chi connectivity index (χ4v) is 5.48. The molecule has 1 saturated heterocycles. The van der Waals surface area contributed by atoms with Crippen molar-refractivity contribution in [2.75, 3.05) is 23.4 Å². The van der Waals surface area contributed by atoms with Crippen molar-refractivity contribution in [3.05, 3.63) is 88.7 Å². The second-order valence-corrected chi connectivity index (χ2v) is 9.94. The van der Waals surface area contributed by atoms with E-state index in [2.05, 4.69) is 5.32 Å². The quantitative estimate of drug-likeness (QED) is 0.266. The number of amides is 3. The predicted molar refractivity (Wildman–Crippen MR) is 146 cm³/mol. The lowest BCUT2D eigenvalue weighted by Gasteiger charge is -2.17. The second kappa shape index (κ2) is 10.6. The molecular formula is C27H21N3O6S2. The van der Waals surface area contributed by atoms with Gasteiger partial charge in [-0.25, -0.2) is 4.79 Å². The van der Waals surface area contributed by atoms with E-state index in [1.54, 1.807) is 67.6 Å². The molecule has 38 heavy (non-hydrogen) atoms. The normalized spacial score (nSPS) is 16.7. The molecule has 192 valence electrons. The minimum absolute atomic E-state index is 0.158. The van der Waals surface area contributed by atoms with Crippen molar-refractivity contribution >= 4 is 68.9 Å². The van der Waals surface area contributed by atoms with Crippen LogP contribution in [0.25, 0.3) is 5.57 Å². The van der Waals surface area contributed by atoms with E-state index in [-0.39, 0.29) is 36.1 Å². The van der Waals surface area contributed by atoms with E-state index in [4.69, 9.17) is 21.4 Å². The Hall–Kier alpha value is -4.22. The van der Waals surface area contributed by atoms with Crippen LogP contribution in [0, 0.1) is 0 Å². The molecule has 3 heterocycles. The first kappa shape index (κ1) is 25.4. The van der Waals surface area contributed by atoms with Crippen LogP contribution in [0.3, 0.4) is 0 Å². The molecule has 0 unspecified atom stereocenters. The van der Waals surface area contributed by atoms with Gasteiger partial charge in [-0.15, -0.1) is 0 Å². The van der Waals surface area contributed by atoms with Crippen LogP contribution in [0.15, 0.2) is 76.2 Å². The van der Waals surface area contributed by atoms with E-state index >= 15 is 0 Å². The Kier molecular flexibility index (Phi) is 7.12. The summed E-state index contributed by atoms with van der Waals surface area (Å²) < 4.78 is 10.6. The van der Waals surface area contributed by atoms with E-state index < -0.39 is 17.8 Å². The molecule has 0 radical (unpaired) electrons. The minimum atomic E-state index is -0.461. The number of furan rings is 1. The molecule has 0 atom stereocenters. The summed E-state index contributed by atoms with van der Waals surface area (Å²) in [5.41, 5.74) is 2.12. The number of nitrogens with one attached hydrogen (secondary N) is 1. The van der Waals surface area contributed by atoms with Crippen molar-refractivity contribution in [1.82, 2.24) is 4.90 Å². The van der Waals surface area contributed by atoms with Gasteiger partial charge in [-0.1, -0.05) is 42.2 Å². The standard InChI is InChI=1S/C27H21N3O6S2/c1-2-35-26(34)16-9-11-17(12-10-16)28-21(31)15-29-20-8-4-3-7-19(20)22(24(29)32)23-25(33)30(27(37)38-23)14-18-6-5-13-36-18/h3-13H,2,14-15H2,1H3,(H,28,31)/b23-22-. The van der Waals surface area contributed by atoms with E-state index in [1.165, 1.54) is 16.1 Å². The SMILES string of the molecule is CCOC(=O)c1ccc(NC(=O)CN2C(=O)/C(=C3\SC(=S)N(Cc4ccco4)C3=O)c3ccccc32)cc1. The van der Waals surface area contributed by atoms with Crippen molar-refractivity contribution < 1.29 is 28.3 Å². The zero-order chi connectivity index (χ0) is 26.8. The molecule has 1 aromatic heterocycles. The van der Waals surface area contributed by atoms with Gasteiger partial charge in [0, 0.05) is 11.3 Å². The number of carbonyl (C=O) groups excluding carboxylic acids is 4. The Morgan fingerprint density at radius 3 is 2.47 bits per heavy atom. The molecular weight excluding hydrogens is 526 g/mol. The summed E-state index contributed by atoms with van der Waals surface area (Å²) in [7, 11) is 0. The minimum Gasteiger partial charge on any atom is -0.467 e. The molecule has 1 fully saturated rings. The molecule has 1 N–H and O–H groups in total. The Balaban J connectivity index is 1.36. The highest BCUT2D eigenvalue weighted by atomic mass is 32.2. The Labute approximate surface area is 227 Å². The highest BCUT2D eigenvalue weighted by Crippen LogP contribution is 2.44. The topological polar surface area (TPSA) is 109 Å². The van der Waals surface area contributed by atoms with Gasteiger partial charge < -0.3 is 14.5 Å². The fraction of sp³-hybridized carbons (Fsp3) is 0.148. The number of para-hydroxylation sites is 1. The fourth-order valence-electron chi connectivity index (χ4n) is 4.15. The molecule has 2 aliphatic heterocycles. The molecule has 3 aromatic rings.